The number of nitrogens with zero attached hydrogens (tertiary/aromatic N) is 3. The summed E-state index contributed by atoms with van der Waals surface area (Å²) in [5, 5.41) is 31.2. The number of amides is 2. The number of benzene rings is 3. The zero-order valence-electron chi connectivity index (χ0n) is 24.3. The summed E-state index contributed by atoms with van der Waals surface area (Å²) in [6.07, 6.45) is 3.30. The number of aryl methyl sites for hydroxylation is 1. The average Bonchev–Trinajstić information content (AvgIpc) is 3.40. The highest BCUT2D eigenvalue weighted by Gasteiger charge is 2.22. The second-order valence-corrected chi connectivity index (χ2v) is 10.9. The van der Waals surface area contributed by atoms with E-state index in [4.69, 9.17) is 0 Å². The summed E-state index contributed by atoms with van der Waals surface area (Å²) in [4.78, 5) is 31.4. The van der Waals surface area contributed by atoms with Crippen LogP contribution in [0.4, 0.5) is 5.82 Å². The van der Waals surface area contributed by atoms with Gasteiger partial charge in [0, 0.05) is 47.2 Å². The summed E-state index contributed by atoms with van der Waals surface area (Å²) >= 11 is 0. The number of rotatable bonds is 7. The molecule has 4 N–H and O–H groups in total. The van der Waals surface area contributed by atoms with E-state index < -0.39 is 5.91 Å². The summed E-state index contributed by atoms with van der Waals surface area (Å²) in [6, 6.07) is 27.4. The van der Waals surface area contributed by atoms with Crippen LogP contribution in [0.1, 0.15) is 45.7 Å². The first-order valence-corrected chi connectivity index (χ1v) is 14.6. The third kappa shape index (κ3) is 5.76. The molecule has 1 unspecified atom stereocenters. The van der Waals surface area contributed by atoms with Crippen LogP contribution in [0.25, 0.3) is 33.3 Å². The topological polar surface area (TPSA) is 132 Å². The van der Waals surface area contributed by atoms with Crippen LogP contribution < -0.4 is 16.0 Å². The minimum atomic E-state index is -0.433. The Balaban J connectivity index is 1.39. The lowest BCUT2D eigenvalue weighted by molar-refractivity contribution is 0.0947. The van der Waals surface area contributed by atoms with Gasteiger partial charge in [-0.2, -0.15) is 5.26 Å². The molecule has 1 aliphatic heterocycles. The molecule has 1 saturated heterocycles. The maximum atomic E-state index is 13.6. The largest absolute Gasteiger partial charge is 0.507 e. The minimum Gasteiger partial charge on any atom is -0.507 e. The average molecular weight is 585 g/mol. The second kappa shape index (κ2) is 12.4. The monoisotopic (exact) mass is 584 g/mol. The molecule has 0 radical (unpaired) electrons. The normalized spacial score (nSPS) is 14.6. The zero-order chi connectivity index (χ0) is 30.6. The Morgan fingerprint density at radius 2 is 1.82 bits per heavy atom. The molecule has 9 heteroatoms. The number of pyridine rings is 1. The third-order valence-corrected chi connectivity index (χ3v) is 8.08. The molecule has 0 spiro atoms. The fourth-order valence-electron chi connectivity index (χ4n) is 5.73. The van der Waals surface area contributed by atoms with Crippen molar-refractivity contribution < 1.29 is 14.7 Å². The SMILES string of the molecule is Cn1c(C(=O)Nc2nc(-c3ccccc3O)cc(-c3cccc(C(=O)NCC4CCCCN4)c3)c2C#N)cc2ccccc21. The number of phenolic OH excluding ortho intramolecular Hbond substituents is 1. The van der Waals surface area contributed by atoms with Crippen LogP contribution in [-0.2, 0) is 7.05 Å². The second-order valence-electron chi connectivity index (χ2n) is 10.9. The number of aromatic hydroxyl groups is 1. The van der Waals surface area contributed by atoms with Crippen LogP contribution in [0.5, 0.6) is 5.75 Å². The first-order chi connectivity index (χ1) is 21.4. The number of aromatic nitrogens is 2. The number of hydrogen-bond donors (Lipinski definition) is 4. The summed E-state index contributed by atoms with van der Waals surface area (Å²) in [5.41, 5.74) is 3.75. The molecule has 0 aliphatic carbocycles. The first-order valence-electron chi connectivity index (χ1n) is 14.6. The van der Waals surface area contributed by atoms with Gasteiger partial charge in [0.15, 0.2) is 5.82 Å². The number of para-hydroxylation sites is 2. The molecule has 3 aromatic carbocycles. The molecule has 9 nitrogen and oxygen atoms in total. The fourth-order valence-corrected chi connectivity index (χ4v) is 5.73. The molecule has 2 amide bonds. The standard InChI is InChI=1S/C35H32N6O3/c1-41-30-14-4-2-9-23(30)18-31(41)35(44)40-33-28(20-36)27(19-29(39-33)26-13-3-5-15-32(26)42)22-10-8-11-24(17-22)34(43)38-21-25-12-6-7-16-37-25/h2-5,8-11,13-15,17-19,25,37,42H,6-7,12,16,21H2,1H3,(H,38,43)(H,39,40,44). The molecule has 0 saturated carbocycles. The van der Waals surface area contributed by atoms with Gasteiger partial charge in [-0.1, -0.05) is 48.9 Å². The Hall–Kier alpha value is -5.46. The van der Waals surface area contributed by atoms with Crippen molar-refractivity contribution in [2.45, 2.75) is 25.3 Å². The van der Waals surface area contributed by atoms with Crippen molar-refractivity contribution in [1.29, 1.82) is 5.26 Å². The van der Waals surface area contributed by atoms with Gasteiger partial charge in [0.2, 0.25) is 0 Å². The van der Waals surface area contributed by atoms with E-state index in [9.17, 15) is 20.0 Å². The van der Waals surface area contributed by atoms with E-state index in [0.29, 0.717) is 40.2 Å². The lowest BCUT2D eigenvalue weighted by Crippen LogP contribution is -2.43. The van der Waals surface area contributed by atoms with E-state index in [0.717, 1.165) is 36.7 Å². The summed E-state index contributed by atoms with van der Waals surface area (Å²) in [5.74, 6) is -0.586. The van der Waals surface area contributed by atoms with Crippen molar-refractivity contribution in [1.82, 2.24) is 20.2 Å². The molecule has 0 bridgehead atoms. The highest BCUT2D eigenvalue weighted by Crippen LogP contribution is 2.36. The van der Waals surface area contributed by atoms with Crippen LogP contribution >= 0.6 is 0 Å². The van der Waals surface area contributed by atoms with Crippen LogP contribution in [-0.4, -0.2) is 45.6 Å². The van der Waals surface area contributed by atoms with Crippen LogP contribution in [0.2, 0.25) is 0 Å². The Bertz CT molecular complexity index is 1920. The molecule has 2 aromatic heterocycles. The Morgan fingerprint density at radius 3 is 2.59 bits per heavy atom. The number of carbonyl (C=O) groups excluding carboxylic acids is 2. The molecule has 1 fully saturated rings. The van der Waals surface area contributed by atoms with Crippen LogP contribution in [0.15, 0.2) is 84.9 Å². The Morgan fingerprint density at radius 1 is 1.00 bits per heavy atom. The number of hydrogen-bond acceptors (Lipinski definition) is 6. The molecule has 1 aliphatic rings. The number of nitrogens with one attached hydrogen (secondary N) is 3. The lowest BCUT2D eigenvalue weighted by atomic mass is 9.96. The van der Waals surface area contributed by atoms with Crippen molar-refractivity contribution in [3.63, 3.8) is 0 Å². The first kappa shape index (κ1) is 28.6. The summed E-state index contributed by atoms with van der Waals surface area (Å²) in [6.45, 7) is 1.48. The van der Waals surface area contributed by atoms with Gasteiger partial charge in [-0.25, -0.2) is 4.98 Å². The molecule has 1 atom stereocenters. The highest BCUT2D eigenvalue weighted by atomic mass is 16.3. The molecular formula is C35H32N6O3. The van der Waals surface area contributed by atoms with E-state index in [1.165, 1.54) is 0 Å². The van der Waals surface area contributed by atoms with Crippen molar-refractivity contribution in [2.75, 3.05) is 18.4 Å². The van der Waals surface area contributed by atoms with Gasteiger partial charge in [-0.05, 0) is 67.4 Å². The molecule has 3 heterocycles. The number of carbonyl (C=O) groups is 2. The van der Waals surface area contributed by atoms with Crippen LogP contribution in [0.3, 0.4) is 0 Å². The third-order valence-electron chi connectivity index (χ3n) is 8.08. The van der Waals surface area contributed by atoms with E-state index in [-0.39, 0.29) is 29.1 Å². The fraction of sp³-hybridized carbons (Fsp3) is 0.200. The Kier molecular flexibility index (Phi) is 8.08. The maximum Gasteiger partial charge on any atom is 0.273 e. The highest BCUT2D eigenvalue weighted by molar-refractivity contribution is 6.07. The van der Waals surface area contributed by atoms with Crippen LogP contribution in [0, 0.1) is 11.3 Å². The predicted octanol–water partition coefficient (Wildman–Crippen LogP) is 5.61. The molecule has 5 aromatic rings. The number of nitriles is 1. The summed E-state index contributed by atoms with van der Waals surface area (Å²) < 4.78 is 1.79. The van der Waals surface area contributed by atoms with Gasteiger partial charge < -0.3 is 25.6 Å². The smallest absolute Gasteiger partial charge is 0.273 e. The van der Waals surface area contributed by atoms with E-state index in [1.807, 2.05) is 24.3 Å². The van der Waals surface area contributed by atoms with Gasteiger partial charge in [-0.3, -0.25) is 9.59 Å². The number of piperidine rings is 1. The Labute approximate surface area is 255 Å². The van der Waals surface area contributed by atoms with E-state index >= 15 is 0 Å². The molecule has 44 heavy (non-hydrogen) atoms. The molecular weight excluding hydrogens is 552 g/mol. The number of phenols is 1. The van der Waals surface area contributed by atoms with E-state index in [2.05, 4.69) is 27.0 Å². The lowest BCUT2D eigenvalue weighted by Gasteiger charge is -2.23. The van der Waals surface area contributed by atoms with Gasteiger partial charge in [0.05, 0.1) is 5.69 Å². The minimum absolute atomic E-state index is 0.00562. The van der Waals surface area contributed by atoms with E-state index in [1.54, 1.807) is 72.3 Å². The zero-order valence-corrected chi connectivity index (χ0v) is 24.3. The number of fused-ring (bicyclic) bond motifs is 1. The van der Waals surface area contributed by atoms with Crippen molar-refractivity contribution in [2.24, 2.45) is 7.05 Å². The van der Waals surface area contributed by atoms with Crippen molar-refractivity contribution in [3.05, 3.63) is 102 Å². The molecule has 6 rings (SSSR count). The predicted molar refractivity (Wildman–Crippen MR) is 170 cm³/mol. The quantitative estimate of drug-likeness (QED) is 0.197. The van der Waals surface area contributed by atoms with Crippen molar-refractivity contribution >= 4 is 28.5 Å². The maximum absolute atomic E-state index is 13.6. The number of anilines is 1. The summed E-state index contributed by atoms with van der Waals surface area (Å²) in [7, 11) is 1.81. The van der Waals surface area contributed by atoms with Gasteiger partial charge in [-0.15, -0.1) is 0 Å². The van der Waals surface area contributed by atoms with Crippen molar-refractivity contribution in [3.8, 4) is 34.2 Å². The molecule has 220 valence electrons. The van der Waals surface area contributed by atoms with Gasteiger partial charge in [0.25, 0.3) is 11.8 Å². The van der Waals surface area contributed by atoms with Gasteiger partial charge >= 0.3 is 0 Å². The van der Waals surface area contributed by atoms with Gasteiger partial charge in [0.1, 0.15) is 23.1 Å².